The Bertz CT molecular complexity index is 496. The molecule has 5 N–H and O–H groups in total. The Kier molecular flexibility index (Phi) is 6.41. The van der Waals surface area contributed by atoms with Gasteiger partial charge in [-0.1, -0.05) is 6.58 Å². The van der Waals surface area contributed by atoms with Gasteiger partial charge >= 0.3 is 21.7 Å². The van der Waals surface area contributed by atoms with Gasteiger partial charge in [0.2, 0.25) is 0 Å². The fourth-order valence-electron chi connectivity index (χ4n) is 1.34. The molecule has 1 unspecified atom stereocenters. The number of phosphoric acid groups is 2. The largest absolute Gasteiger partial charge is 0.481 e. The summed E-state index contributed by atoms with van der Waals surface area (Å²) in [4.78, 5) is 38.0. The van der Waals surface area contributed by atoms with Crippen LogP contribution >= 0.6 is 27.4 Å². The van der Waals surface area contributed by atoms with Crippen molar-refractivity contribution in [1.29, 1.82) is 0 Å². The Morgan fingerprint density at radius 3 is 2.62 bits per heavy atom. The van der Waals surface area contributed by atoms with Crippen LogP contribution in [0.25, 0.3) is 0 Å². The first-order valence-corrected chi connectivity index (χ1v) is 9.33. The van der Waals surface area contributed by atoms with Crippen LogP contribution in [0.5, 0.6) is 0 Å². The molecule has 1 rings (SSSR count). The number of carbonyl (C=O) groups is 1. The summed E-state index contributed by atoms with van der Waals surface area (Å²) in [6.45, 7) is 2.90. The predicted molar refractivity (Wildman–Crippen MR) is 71.6 cm³/mol. The number of rotatable bonds is 7. The summed E-state index contributed by atoms with van der Waals surface area (Å²) in [5.41, 5.74) is 4.34. The third-order valence-corrected chi connectivity index (χ3v) is 5.33. The first-order chi connectivity index (χ1) is 9.54. The molecule has 0 saturated carbocycles. The van der Waals surface area contributed by atoms with E-state index in [2.05, 4.69) is 15.4 Å². The number of hydrogen-bond donors (Lipinski definition) is 4. The molecule has 2 amide bonds. The minimum atomic E-state index is -5.16. The highest BCUT2D eigenvalue weighted by Crippen LogP contribution is 2.57. The highest BCUT2D eigenvalue weighted by atomic mass is 32.2. The third kappa shape index (κ3) is 6.47. The zero-order valence-corrected chi connectivity index (χ0v) is 13.1. The second-order valence-corrected chi connectivity index (χ2v) is 7.64. The van der Waals surface area contributed by atoms with Crippen LogP contribution < -0.4 is 5.73 Å². The Labute approximate surface area is 123 Å². The molecule has 1 aliphatic rings. The van der Waals surface area contributed by atoms with Gasteiger partial charge in [0.1, 0.15) is 11.7 Å². The summed E-state index contributed by atoms with van der Waals surface area (Å²) < 4.78 is 35.0. The second kappa shape index (κ2) is 7.23. The van der Waals surface area contributed by atoms with E-state index in [4.69, 9.17) is 25.2 Å². The molecule has 0 aliphatic carbocycles. The molecule has 122 valence electrons. The lowest BCUT2D eigenvalue weighted by atomic mass is 10.5. The van der Waals surface area contributed by atoms with Gasteiger partial charge < -0.3 is 25.2 Å². The molecule has 1 saturated heterocycles. The number of ether oxygens (including phenoxy) is 1. The number of nitrogens with zero attached hydrogens (tertiary/aromatic N) is 1. The van der Waals surface area contributed by atoms with E-state index in [1.54, 1.807) is 0 Å². The number of nitrogens with two attached hydrogens (primary N) is 1. The molecule has 0 radical (unpaired) electrons. The molecule has 3 atom stereocenters. The summed E-state index contributed by atoms with van der Waals surface area (Å²) in [6.07, 6.45) is 0.448. The quantitative estimate of drug-likeness (QED) is 0.456. The topological polar surface area (TPSA) is 169 Å². The minimum Gasteiger partial charge on any atom is -0.351 e. The van der Waals surface area contributed by atoms with Crippen LogP contribution in [0.15, 0.2) is 12.8 Å². The van der Waals surface area contributed by atoms with Crippen LogP contribution in [-0.2, 0) is 22.7 Å². The SMILES string of the molecule is C=CN(C(N)=O)[C@@H]1CS[C@H](COP(=O)(O)OP(=O)(O)O)O1. The average Bonchev–Trinajstić information content (AvgIpc) is 2.72. The summed E-state index contributed by atoms with van der Waals surface area (Å²) in [5.74, 6) is 0.304. The standard InChI is InChI=1S/C7H14N2O9P2S/c1-2-9(7(8)10)5-4-21-6(17-5)3-16-20(14,15)18-19(11,12)13/h2,5-6H,1,3-4H2,(H2,8,10)(H,14,15)(H2,11,12,13)/t5-,6+/m0/s1. The maximum atomic E-state index is 11.2. The molecule has 21 heavy (non-hydrogen) atoms. The molecule has 0 spiro atoms. The summed E-state index contributed by atoms with van der Waals surface area (Å²) in [6, 6.07) is -0.783. The zero-order valence-electron chi connectivity index (χ0n) is 10.5. The van der Waals surface area contributed by atoms with Gasteiger partial charge in [-0.15, -0.1) is 11.8 Å². The molecular weight excluding hydrogens is 350 g/mol. The van der Waals surface area contributed by atoms with Crippen LogP contribution in [0.1, 0.15) is 0 Å². The van der Waals surface area contributed by atoms with E-state index in [0.717, 1.165) is 16.7 Å². The van der Waals surface area contributed by atoms with E-state index < -0.39 is 39.9 Å². The summed E-state index contributed by atoms with van der Waals surface area (Å²) in [5, 5.41) is 0. The molecule has 0 aromatic heterocycles. The number of hydrogen-bond acceptors (Lipinski definition) is 7. The van der Waals surface area contributed by atoms with E-state index in [0.29, 0.717) is 5.75 Å². The molecular formula is C7H14N2O9P2S. The van der Waals surface area contributed by atoms with Gasteiger partial charge in [-0.05, 0) is 0 Å². The molecule has 0 bridgehead atoms. The first kappa shape index (κ1) is 18.6. The van der Waals surface area contributed by atoms with E-state index in [9.17, 15) is 13.9 Å². The van der Waals surface area contributed by atoms with Crippen LogP contribution in [0.3, 0.4) is 0 Å². The predicted octanol–water partition coefficient (Wildman–Crippen LogP) is 0.152. The van der Waals surface area contributed by atoms with Crippen molar-refractivity contribution in [3.63, 3.8) is 0 Å². The van der Waals surface area contributed by atoms with Gasteiger partial charge in [0, 0.05) is 12.0 Å². The molecule has 14 heteroatoms. The molecule has 1 fully saturated rings. The Hall–Kier alpha value is -0.420. The normalized spacial score (nSPS) is 25.3. The number of carbonyl (C=O) groups excluding carboxylic acids is 1. The number of thioether (sulfide) groups is 1. The number of phosphoric ester groups is 1. The zero-order chi connectivity index (χ0) is 16.3. The third-order valence-electron chi connectivity index (χ3n) is 2.08. The fraction of sp³-hybridized carbons (Fsp3) is 0.571. The Balaban J connectivity index is 2.49. The Morgan fingerprint density at radius 1 is 1.52 bits per heavy atom. The van der Waals surface area contributed by atoms with Crippen molar-refractivity contribution in [2.75, 3.05) is 12.4 Å². The summed E-state index contributed by atoms with van der Waals surface area (Å²) in [7, 11) is -10.1. The lowest BCUT2D eigenvalue weighted by molar-refractivity contribution is -0.0190. The lowest BCUT2D eigenvalue weighted by Gasteiger charge is -2.22. The number of primary amides is 1. The van der Waals surface area contributed by atoms with Crippen molar-refractivity contribution in [2.45, 2.75) is 11.7 Å². The molecule has 0 aromatic rings. The maximum Gasteiger partial charge on any atom is 0.481 e. The van der Waals surface area contributed by atoms with Crippen molar-refractivity contribution in [2.24, 2.45) is 5.73 Å². The van der Waals surface area contributed by atoms with Crippen LogP contribution in [0.4, 0.5) is 4.79 Å². The van der Waals surface area contributed by atoms with Gasteiger partial charge in [-0.2, -0.15) is 4.31 Å². The van der Waals surface area contributed by atoms with Gasteiger partial charge in [0.15, 0.2) is 0 Å². The van der Waals surface area contributed by atoms with Crippen LogP contribution in [0.2, 0.25) is 0 Å². The average molecular weight is 364 g/mol. The van der Waals surface area contributed by atoms with Gasteiger partial charge in [-0.25, -0.2) is 13.9 Å². The van der Waals surface area contributed by atoms with Gasteiger partial charge in [0.25, 0.3) is 0 Å². The van der Waals surface area contributed by atoms with Crippen molar-refractivity contribution < 1.29 is 42.2 Å². The number of urea groups is 1. The smallest absolute Gasteiger partial charge is 0.351 e. The lowest BCUT2D eigenvalue weighted by Crippen LogP contribution is -2.41. The van der Waals surface area contributed by atoms with E-state index >= 15 is 0 Å². The van der Waals surface area contributed by atoms with E-state index in [1.807, 2.05) is 0 Å². The Morgan fingerprint density at radius 2 is 2.14 bits per heavy atom. The maximum absolute atomic E-state index is 11.2. The second-order valence-electron chi connectivity index (χ2n) is 3.62. The van der Waals surface area contributed by atoms with Crippen LogP contribution in [-0.4, -0.2) is 49.6 Å². The van der Waals surface area contributed by atoms with Crippen molar-refractivity contribution in [3.05, 3.63) is 12.8 Å². The molecule has 0 aromatic carbocycles. The highest BCUT2D eigenvalue weighted by molar-refractivity contribution is 8.00. The van der Waals surface area contributed by atoms with Crippen LogP contribution in [0, 0.1) is 0 Å². The van der Waals surface area contributed by atoms with Crippen molar-refractivity contribution >= 4 is 33.4 Å². The summed E-state index contributed by atoms with van der Waals surface area (Å²) >= 11 is 1.14. The van der Waals surface area contributed by atoms with Crippen molar-refractivity contribution in [1.82, 2.24) is 4.90 Å². The van der Waals surface area contributed by atoms with Gasteiger partial charge in [-0.3, -0.25) is 9.42 Å². The monoisotopic (exact) mass is 364 g/mol. The van der Waals surface area contributed by atoms with Gasteiger partial charge in [0.05, 0.1) is 6.61 Å². The fourth-order valence-corrected chi connectivity index (χ4v) is 4.02. The molecule has 1 heterocycles. The molecule has 1 aliphatic heterocycles. The number of amides is 2. The van der Waals surface area contributed by atoms with E-state index in [-0.39, 0.29) is 0 Å². The molecule has 11 nitrogen and oxygen atoms in total. The highest BCUT2D eigenvalue weighted by Gasteiger charge is 2.36. The van der Waals surface area contributed by atoms with E-state index in [1.165, 1.54) is 6.20 Å². The van der Waals surface area contributed by atoms with Crippen molar-refractivity contribution in [3.8, 4) is 0 Å². The first-order valence-electron chi connectivity index (χ1n) is 5.25. The minimum absolute atomic E-state index is 0.304.